The van der Waals surface area contributed by atoms with Crippen LogP contribution < -0.4 is 5.32 Å². The number of carbonyl (C=O) groups excluding carboxylic acids is 4. The van der Waals surface area contributed by atoms with Crippen molar-refractivity contribution in [2.45, 2.75) is 95.6 Å². The molecule has 0 radical (unpaired) electrons. The normalized spacial score (nSPS) is 12.4. The van der Waals surface area contributed by atoms with Crippen LogP contribution in [0.1, 0.15) is 69.7 Å². The highest BCUT2D eigenvalue weighted by molar-refractivity contribution is 7.86. The third kappa shape index (κ3) is 14.0. The van der Waals surface area contributed by atoms with Gasteiger partial charge in [-0.1, -0.05) is 23.2 Å². The summed E-state index contributed by atoms with van der Waals surface area (Å²) >= 11 is 11.8. The van der Waals surface area contributed by atoms with Crippen molar-refractivity contribution in [3.05, 3.63) is 56.6 Å². The van der Waals surface area contributed by atoms with E-state index >= 15 is 0 Å². The van der Waals surface area contributed by atoms with Gasteiger partial charge in [0, 0.05) is 29.3 Å². The van der Waals surface area contributed by atoms with Gasteiger partial charge in [-0.3, -0.25) is 23.5 Å². The number of rotatable bonds is 11. The first-order valence-electron chi connectivity index (χ1n) is 13.4. The molecule has 0 bridgehead atoms. The maximum atomic E-state index is 12.4. The fourth-order valence-electron chi connectivity index (χ4n) is 3.78. The number of amides is 1. The number of benzene rings is 2. The number of ketones is 3. The van der Waals surface area contributed by atoms with Crippen molar-refractivity contribution in [1.29, 1.82) is 0 Å². The first-order chi connectivity index (χ1) is 20.3. The molecule has 3 N–H and O–H groups in total. The van der Waals surface area contributed by atoms with E-state index in [4.69, 9.17) is 32.5 Å². The van der Waals surface area contributed by atoms with E-state index in [-0.39, 0.29) is 58.0 Å². The second kappa shape index (κ2) is 16.1. The molecule has 250 valence electrons. The largest absolute Gasteiger partial charge is 0.444 e. The minimum absolute atomic E-state index is 0.0345. The van der Waals surface area contributed by atoms with Gasteiger partial charge in [-0.2, -0.15) is 16.8 Å². The van der Waals surface area contributed by atoms with Gasteiger partial charge in [-0.25, -0.2) is 4.79 Å². The Hall–Kier alpha value is -2.88. The first kappa shape index (κ1) is 40.1. The van der Waals surface area contributed by atoms with E-state index in [2.05, 4.69) is 5.32 Å². The smallest absolute Gasteiger partial charge is 0.408 e. The minimum atomic E-state index is -4.47. The summed E-state index contributed by atoms with van der Waals surface area (Å²) in [6, 6.07) is 3.84. The average molecular weight is 711 g/mol. The van der Waals surface area contributed by atoms with Crippen LogP contribution in [0, 0.1) is 13.8 Å². The monoisotopic (exact) mass is 709 g/mol. The van der Waals surface area contributed by atoms with Gasteiger partial charge in [0.1, 0.15) is 17.2 Å². The number of ether oxygens (including phenoxy) is 1. The van der Waals surface area contributed by atoms with Gasteiger partial charge in [0.2, 0.25) is 0 Å². The van der Waals surface area contributed by atoms with E-state index in [0.29, 0.717) is 22.3 Å². The third-order valence-electron chi connectivity index (χ3n) is 6.17. The lowest BCUT2D eigenvalue weighted by Gasteiger charge is -2.22. The highest BCUT2D eigenvalue weighted by Crippen LogP contribution is 2.26. The number of hydrogen-bond donors (Lipinski definition) is 3. The van der Waals surface area contributed by atoms with Crippen molar-refractivity contribution in [3.8, 4) is 0 Å². The molecule has 0 aliphatic carbocycles. The van der Waals surface area contributed by atoms with E-state index in [1.165, 1.54) is 26.0 Å². The molecule has 0 heterocycles. The van der Waals surface area contributed by atoms with Crippen molar-refractivity contribution in [2.24, 2.45) is 0 Å². The van der Waals surface area contributed by atoms with E-state index in [1.54, 1.807) is 34.6 Å². The van der Waals surface area contributed by atoms with Crippen molar-refractivity contribution in [3.63, 3.8) is 0 Å². The molecule has 16 heteroatoms. The van der Waals surface area contributed by atoms with Crippen LogP contribution >= 0.6 is 23.2 Å². The minimum Gasteiger partial charge on any atom is -0.444 e. The Labute approximate surface area is 273 Å². The number of hydrogen-bond acceptors (Lipinski definition) is 9. The quantitative estimate of drug-likeness (QED) is 0.256. The summed E-state index contributed by atoms with van der Waals surface area (Å²) < 4.78 is 67.8. The fourth-order valence-corrected chi connectivity index (χ4v) is 5.51. The van der Waals surface area contributed by atoms with Crippen molar-refractivity contribution < 1.29 is 49.9 Å². The lowest BCUT2D eigenvalue weighted by Crippen LogP contribution is -2.43. The van der Waals surface area contributed by atoms with Gasteiger partial charge >= 0.3 is 6.09 Å². The summed E-state index contributed by atoms with van der Waals surface area (Å²) in [6.45, 7) is 11.1. The van der Waals surface area contributed by atoms with Crippen LogP contribution in [0.3, 0.4) is 0 Å². The van der Waals surface area contributed by atoms with Crippen LogP contribution in [0.5, 0.6) is 0 Å². The van der Waals surface area contributed by atoms with Crippen LogP contribution in [0.2, 0.25) is 10.0 Å². The van der Waals surface area contributed by atoms with E-state index in [1.807, 2.05) is 0 Å². The van der Waals surface area contributed by atoms with Crippen molar-refractivity contribution in [1.82, 2.24) is 5.32 Å². The number of nitrogens with one attached hydrogen (secondary N) is 1. The summed E-state index contributed by atoms with van der Waals surface area (Å²) in [5, 5.41) is 2.77. The zero-order valence-electron chi connectivity index (χ0n) is 25.9. The molecular formula is C29H37Cl2NO11S2. The van der Waals surface area contributed by atoms with Crippen LogP contribution in [0.25, 0.3) is 0 Å². The SMILES string of the molecule is CC(=O)Cc1cc(S(=O)(=O)O)cc(Cl)c1C.CC(=O)[C@H](CCC(=O)Cc1cc(S(=O)(=O)O)cc(Cl)c1C)NC(=O)OC(C)(C)C. The van der Waals surface area contributed by atoms with Gasteiger partial charge in [0.15, 0.2) is 5.78 Å². The molecule has 2 aromatic carbocycles. The second-order valence-electron chi connectivity index (χ2n) is 11.3. The lowest BCUT2D eigenvalue weighted by atomic mass is 9.99. The summed E-state index contributed by atoms with van der Waals surface area (Å²) in [7, 11) is -8.76. The zero-order valence-corrected chi connectivity index (χ0v) is 29.0. The Kier molecular flexibility index (Phi) is 14.4. The Balaban J connectivity index is 0.000000532. The molecule has 0 spiro atoms. The molecule has 0 saturated heterocycles. The molecule has 0 aromatic heterocycles. The Bertz CT molecular complexity index is 1680. The molecule has 1 atom stereocenters. The van der Waals surface area contributed by atoms with Gasteiger partial charge in [0.05, 0.1) is 15.8 Å². The molecule has 0 aliphatic heterocycles. The number of halogens is 2. The predicted octanol–water partition coefficient (Wildman–Crippen LogP) is 5.30. The molecule has 0 unspecified atom stereocenters. The van der Waals surface area contributed by atoms with Crippen LogP contribution in [-0.2, 0) is 52.2 Å². The third-order valence-corrected chi connectivity index (χ3v) is 8.62. The maximum Gasteiger partial charge on any atom is 0.408 e. The van der Waals surface area contributed by atoms with Crippen LogP contribution in [-0.4, -0.2) is 61.0 Å². The van der Waals surface area contributed by atoms with Crippen molar-refractivity contribution in [2.75, 3.05) is 0 Å². The molecule has 0 saturated carbocycles. The predicted molar refractivity (Wildman–Crippen MR) is 168 cm³/mol. The summed E-state index contributed by atoms with van der Waals surface area (Å²) in [4.78, 5) is 46.3. The molecule has 2 aromatic rings. The number of alkyl carbamates (subject to hydrolysis) is 1. The van der Waals surface area contributed by atoms with Gasteiger partial charge < -0.3 is 10.1 Å². The topological polar surface area (TPSA) is 198 Å². The Morgan fingerprint density at radius 1 is 0.822 bits per heavy atom. The highest BCUT2D eigenvalue weighted by atomic mass is 35.5. The highest BCUT2D eigenvalue weighted by Gasteiger charge is 2.23. The Morgan fingerprint density at radius 2 is 1.24 bits per heavy atom. The lowest BCUT2D eigenvalue weighted by molar-refractivity contribution is -0.120. The summed E-state index contributed by atoms with van der Waals surface area (Å²) in [5.74, 6) is -0.711. The summed E-state index contributed by atoms with van der Waals surface area (Å²) in [5.41, 5.74) is 1.30. The fraction of sp³-hybridized carbons (Fsp3) is 0.448. The van der Waals surface area contributed by atoms with Gasteiger partial charge in [-0.05, 0) is 101 Å². The molecule has 2 rings (SSSR count). The zero-order chi connectivity index (χ0) is 35.1. The second-order valence-corrected chi connectivity index (χ2v) is 14.9. The number of carbonyl (C=O) groups is 4. The van der Waals surface area contributed by atoms with Gasteiger partial charge in [-0.15, -0.1) is 0 Å². The van der Waals surface area contributed by atoms with E-state index in [9.17, 15) is 40.6 Å². The molecule has 0 fully saturated rings. The van der Waals surface area contributed by atoms with E-state index < -0.39 is 42.9 Å². The molecule has 1 amide bonds. The van der Waals surface area contributed by atoms with Crippen molar-refractivity contribution >= 4 is 66.9 Å². The number of Topliss-reactive ketones (excluding diaryl/α,β-unsaturated/α-hetero) is 3. The standard InChI is InChI=1S/C19H26ClNO7S.C10H11ClO4S/c1-11-13(9-15(10-16(11)20)29(25,26)27)8-14(23)6-7-17(12(2)22)21-18(24)28-19(3,4)5;1-6(12)3-8-4-9(16(13,14)15)5-10(11)7(8)2/h9-10,17H,6-8H2,1-5H3,(H,21,24)(H,25,26,27);4-5H,3H2,1-2H3,(H,13,14,15)/t17-;/m0./s1. The molecular weight excluding hydrogens is 673 g/mol. The first-order valence-corrected chi connectivity index (χ1v) is 17.0. The Morgan fingerprint density at radius 3 is 1.60 bits per heavy atom. The molecule has 0 aliphatic rings. The molecule has 45 heavy (non-hydrogen) atoms. The van der Waals surface area contributed by atoms with Gasteiger partial charge in [0.25, 0.3) is 20.2 Å². The molecule has 12 nitrogen and oxygen atoms in total. The average Bonchev–Trinajstić information content (AvgIpc) is 2.84. The van der Waals surface area contributed by atoms with Crippen LogP contribution in [0.4, 0.5) is 4.79 Å². The maximum absolute atomic E-state index is 12.4. The van der Waals surface area contributed by atoms with Crippen LogP contribution in [0.15, 0.2) is 34.1 Å². The summed E-state index contributed by atoms with van der Waals surface area (Å²) in [6.07, 6.45) is -0.764. The van der Waals surface area contributed by atoms with E-state index in [0.717, 1.165) is 12.1 Å².